The Labute approximate surface area is 104 Å². The summed E-state index contributed by atoms with van der Waals surface area (Å²) in [4.78, 5) is 15.3. The molecule has 0 aliphatic carbocycles. The van der Waals surface area contributed by atoms with Crippen molar-refractivity contribution in [1.29, 1.82) is 0 Å². The predicted octanol–water partition coefficient (Wildman–Crippen LogP) is 0.926. The Morgan fingerprint density at radius 3 is 2.82 bits per heavy atom. The quantitative estimate of drug-likeness (QED) is 0.760. The minimum atomic E-state index is -0.610. The third-order valence-electron chi connectivity index (χ3n) is 2.01. The van der Waals surface area contributed by atoms with Crippen molar-refractivity contribution in [2.75, 3.05) is 12.9 Å². The zero-order valence-corrected chi connectivity index (χ0v) is 11.0. The van der Waals surface area contributed by atoms with Gasteiger partial charge in [0.15, 0.2) is 5.82 Å². The Morgan fingerprint density at radius 2 is 2.29 bits per heavy atom. The number of thioether (sulfide) groups is 1. The molecule has 0 amide bonds. The molecule has 0 aromatic carbocycles. The van der Waals surface area contributed by atoms with Crippen molar-refractivity contribution in [2.45, 2.75) is 31.6 Å². The van der Waals surface area contributed by atoms with Crippen LogP contribution in [-0.4, -0.2) is 35.0 Å². The molecule has 0 saturated carbocycles. The number of hydrogen-bond acceptors (Lipinski definition) is 7. The molecule has 1 rings (SSSR count). The summed E-state index contributed by atoms with van der Waals surface area (Å²) in [6.45, 7) is 3.97. The molecule has 0 aliphatic rings. The maximum atomic E-state index is 11.0. The topological polar surface area (TPSA) is 91.2 Å². The summed E-state index contributed by atoms with van der Waals surface area (Å²) in [5.74, 6) is 2.10. The Bertz CT molecular complexity index is 367. The number of nitrogens with zero attached hydrogens (tertiary/aromatic N) is 2. The van der Waals surface area contributed by atoms with E-state index in [0.717, 1.165) is 0 Å². The molecule has 1 unspecified atom stereocenters. The maximum absolute atomic E-state index is 11.0. The molecule has 7 heteroatoms. The number of esters is 1. The smallest absolute Gasteiger partial charge is 0.323 e. The first-order valence-electron chi connectivity index (χ1n) is 5.28. The van der Waals surface area contributed by atoms with Crippen molar-refractivity contribution in [2.24, 2.45) is 5.73 Å². The minimum Gasteiger partial charge on any atom is -0.468 e. The van der Waals surface area contributed by atoms with Gasteiger partial charge >= 0.3 is 5.97 Å². The lowest BCUT2D eigenvalue weighted by Crippen LogP contribution is -2.33. The summed E-state index contributed by atoms with van der Waals surface area (Å²) in [6.07, 6.45) is 0. The van der Waals surface area contributed by atoms with Gasteiger partial charge in [0.25, 0.3) is 0 Å². The second-order valence-corrected chi connectivity index (χ2v) is 4.88. The molecule has 0 bridgehead atoms. The number of aromatic nitrogens is 2. The van der Waals surface area contributed by atoms with Gasteiger partial charge in [0.2, 0.25) is 5.89 Å². The number of carbonyl (C=O) groups excluding carboxylic acids is 1. The van der Waals surface area contributed by atoms with Crippen LogP contribution >= 0.6 is 11.8 Å². The third-order valence-corrected chi connectivity index (χ3v) is 3.07. The van der Waals surface area contributed by atoms with Gasteiger partial charge in [-0.15, -0.1) is 0 Å². The van der Waals surface area contributed by atoms with Gasteiger partial charge in [0.05, 0.1) is 12.9 Å². The fourth-order valence-corrected chi connectivity index (χ4v) is 1.86. The third kappa shape index (κ3) is 4.35. The number of methoxy groups -OCH3 is 1. The van der Waals surface area contributed by atoms with E-state index in [1.165, 1.54) is 18.9 Å². The van der Waals surface area contributed by atoms with Crippen LogP contribution in [0.5, 0.6) is 0 Å². The standard InChI is InChI=1S/C10H17N3O3S/c1-6(2)9-12-8(13-16-9)5-17-4-7(11)10(14)15-3/h6-7H,4-5,11H2,1-3H3. The van der Waals surface area contributed by atoms with Gasteiger partial charge in [-0.05, 0) is 0 Å². The average molecular weight is 259 g/mol. The molecular weight excluding hydrogens is 242 g/mol. The number of nitrogens with two attached hydrogens (primary N) is 1. The van der Waals surface area contributed by atoms with E-state index < -0.39 is 12.0 Å². The summed E-state index contributed by atoms with van der Waals surface area (Å²) < 4.78 is 9.58. The minimum absolute atomic E-state index is 0.221. The molecular formula is C10H17N3O3S. The molecule has 17 heavy (non-hydrogen) atoms. The lowest BCUT2D eigenvalue weighted by atomic mass is 10.2. The monoisotopic (exact) mass is 259 g/mol. The molecule has 0 radical (unpaired) electrons. The zero-order valence-electron chi connectivity index (χ0n) is 10.2. The molecule has 1 aromatic heterocycles. The normalized spacial score (nSPS) is 12.8. The van der Waals surface area contributed by atoms with Gasteiger partial charge in [0, 0.05) is 11.7 Å². The number of hydrogen-bond donors (Lipinski definition) is 1. The maximum Gasteiger partial charge on any atom is 0.323 e. The highest BCUT2D eigenvalue weighted by Crippen LogP contribution is 2.15. The fourth-order valence-electron chi connectivity index (χ4n) is 1.06. The van der Waals surface area contributed by atoms with Crippen LogP contribution in [0.25, 0.3) is 0 Å². The second kappa shape index (κ2) is 6.61. The van der Waals surface area contributed by atoms with Gasteiger partial charge < -0.3 is 15.0 Å². The van der Waals surface area contributed by atoms with Crippen LogP contribution in [0.1, 0.15) is 31.5 Å². The highest BCUT2D eigenvalue weighted by molar-refractivity contribution is 7.98. The van der Waals surface area contributed by atoms with E-state index >= 15 is 0 Å². The van der Waals surface area contributed by atoms with E-state index in [4.69, 9.17) is 10.3 Å². The van der Waals surface area contributed by atoms with Gasteiger partial charge in [-0.1, -0.05) is 19.0 Å². The summed E-state index contributed by atoms with van der Waals surface area (Å²) in [5, 5.41) is 3.84. The van der Waals surface area contributed by atoms with Gasteiger partial charge in [-0.25, -0.2) is 0 Å². The largest absolute Gasteiger partial charge is 0.468 e. The van der Waals surface area contributed by atoms with Crippen LogP contribution in [0.2, 0.25) is 0 Å². The van der Waals surface area contributed by atoms with Crippen LogP contribution < -0.4 is 5.73 Å². The molecule has 0 saturated heterocycles. The van der Waals surface area contributed by atoms with Crippen LogP contribution in [0.3, 0.4) is 0 Å². The Balaban J connectivity index is 2.33. The van der Waals surface area contributed by atoms with E-state index in [0.29, 0.717) is 23.2 Å². The first kappa shape index (κ1) is 14.0. The summed E-state index contributed by atoms with van der Waals surface area (Å²) in [5.41, 5.74) is 5.59. The van der Waals surface area contributed by atoms with Crippen LogP contribution in [-0.2, 0) is 15.3 Å². The second-order valence-electron chi connectivity index (χ2n) is 3.85. The number of rotatable bonds is 6. The van der Waals surface area contributed by atoms with Crippen molar-refractivity contribution in [3.05, 3.63) is 11.7 Å². The SMILES string of the molecule is COC(=O)C(N)CSCc1noc(C(C)C)n1. The number of ether oxygens (including phenoxy) is 1. The van der Waals surface area contributed by atoms with Crippen LogP contribution in [0.15, 0.2) is 4.52 Å². The fraction of sp³-hybridized carbons (Fsp3) is 0.700. The van der Waals surface area contributed by atoms with Crippen LogP contribution in [0.4, 0.5) is 0 Å². The Hall–Kier alpha value is -1.08. The summed E-state index contributed by atoms with van der Waals surface area (Å²) in [6, 6.07) is -0.610. The molecule has 2 N–H and O–H groups in total. The molecule has 1 heterocycles. The molecule has 0 aliphatic heterocycles. The highest BCUT2D eigenvalue weighted by atomic mass is 32.2. The van der Waals surface area contributed by atoms with Crippen molar-refractivity contribution < 1.29 is 14.1 Å². The van der Waals surface area contributed by atoms with Gasteiger partial charge in [-0.3, -0.25) is 4.79 Å². The molecule has 0 spiro atoms. The average Bonchev–Trinajstić information content (AvgIpc) is 2.76. The van der Waals surface area contributed by atoms with E-state index in [-0.39, 0.29) is 5.92 Å². The number of carbonyl (C=O) groups is 1. The molecule has 96 valence electrons. The van der Waals surface area contributed by atoms with Gasteiger partial charge in [0.1, 0.15) is 6.04 Å². The molecule has 0 fully saturated rings. The lowest BCUT2D eigenvalue weighted by Gasteiger charge is -2.06. The molecule has 6 nitrogen and oxygen atoms in total. The summed E-state index contributed by atoms with van der Waals surface area (Å²) >= 11 is 1.47. The molecule has 1 atom stereocenters. The zero-order chi connectivity index (χ0) is 12.8. The predicted molar refractivity (Wildman–Crippen MR) is 64.5 cm³/mol. The first-order valence-corrected chi connectivity index (χ1v) is 6.43. The van der Waals surface area contributed by atoms with E-state index in [9.17, 15) is 4.79 Å². The van der Waals surface area contributed by atoms with Crippen molar-refractivity contribution in [3.8, 4) is 0 Å². The van der Waals surface area contributed by atoms with Crippen molar-refractivity contribution >= 4 is 17.7 Å². The van der Waals surface area contributed by atoms with Crippen molar-refractivity contribution in [3.63, 3.8) is 0 Å². The van der Waals surface area contributed by atoms with E-state index in [1.54, 1.807) is 0 Å². The summed E-state index contributed by atoms with van der Waals surface area (Å²) in [7, 11) is 1.32. The molecule has 1 aromatic rings. The van der Waals surface area contributed by atoms with E-state index in [2.05, 4.69) is 14.9 Å². The van der Waals surface area contributed by atoms with Crippen molar-refractivity contribution in [1.82, 2.24) is 10.1 Å². The van der Waals surface area contributed by atoms with Crippen LogP contribution in [0, 0.1) is 0 Å². The Kier molecular flexibility index (Phi) is 5.43. The van der Waals surface area contributed by atoms with E-state index in [1.807, 2.05) is 13.8 Å². The lowest BCUT2D eigenvalue weighted by molar-refractivity contribution is -0.141. The Morgan fingerprint density at radius 1 is 1.59 bits per heavy atom. The first-order chi connectivity index (χ1) is 8.04. The van der Waals surface area contributed by atoms with Gasteiger partial charge in [-0.2, -0.15) is 16.7 Å². The highest BCUT2D eigenvalue weighted by Gasteiger charge is 2.15.